The third-order valence-corrected chi connectivity index (χ3v) is 3.90. The number of likely N-dealkylation sites (tertiary alicyclic amines) is 1. The van der Waals surface area contributed by atoms with Crippen LogP contribution in [0.25, 0.3) is 0 Å². The van der Waals surface area contributed by atoms with Crippen molar-refractivity contribution in [1.82, 2.24) is 4.90 Å². The van der Waals surface area contributed by atoms with Crippen molar-refractivity contribution in [2.75, 3.05) is 13.1 Å². The molecule has 0 bridgehead atoms. The number of benzene rings is 1. The lowest BCUT2D eigenvalue weighted by Crippen LogP contribution is -2.39. The lowest BCUT2D eigenvalue weighted by Gasteiger charge is -2.31. The van der Waals surface area contributed by atoms with Gasteiger partial charge in [0.1, 0.15) is 0 Å². The molecule has 2 nitrogen and oxygen atoms in total. The SMILES string of the molecule is CC(C)(C)N1CC(C#N)[C@H](c2ccc(F)c(F)c2F)C1. The Morgan fingerprint density at radius 1 is 1.15 bits per heavy atom. The van der Waals surface area contributed by atoms with E-state index in [1.807, 2.05) is 20.8 Å². The molecule has 1 aliphatic rings. The quantitative estimate of drug-likeness (QED) is 0.738. The predicted octanol–water partition coefficient (Wildman–Crippen LogP) is 3.44. The fourth-order valence-corrected chi connectivity index (χ4v) is 2.62. The summed E-state index contributed by atoms with van der Waals surface area (Å²) in [5.74, 6) is -4.70. The van der Waals surface area contributed by atoms with Gasteiger partial charge in [0, 0.05) is 24.5 Å². The van der Waals surface area contributed by atoms with Gasteiger partial charge >= 0.3 is 0 Å². The molecule has 0 amide bonds. The zero-order chi connectivity index (χ0) is 15.1. The van der Waals surface area contributed by atoms with Gasteiger partial charge in [0.15, 0.2) is 17.5 Å². The zero-order valence-electron chi connectivity index (χ0n) is 11.8. The van der Waals surface area contributed by atoms with E-state index in [-0.39, 0.29) is 11.1 Å². The van der Waals surface area contributed by atoms with Crippen molar-refractivity contribution in [2.24, 2.45) is 5.92 Å². The molecule has 2 atom stereocenters. The molecule has 1 unspecified atom stereocenters. The highest BCUT2D eigenvalue weighted by atomic mass is 19.2. The number of hydrogen-bond donors (Lipinski definition) is 0. The molecular formula is C15H17F3N2. The van der Waals surface area contributed by atoms with E-state index in [2.05, 4.69) is 11.0 Å². The Labute approximate surface area is 116 Å². The molecular weight excluding hydrogens is 265 g/mol. The van der Waals surface area contributed by atoms with Gasteiger partial charge in [-0.25, -0.2) is 13.2 Å². The molecule has 1 aliphatic heterocycles. The second kappa shape index (κ2) is 5.10. The first kappa shape index (κ1) is 14.9. The summed E-state index contributed by atoms with van der Waals surface area (Å²) in [5.41, 5.74) is -0.0685. The molecule has 1 saturated heterocycles. The highest BCUT2D eigenvalue weighted by Gasteiger charge is 2.40. The Morgan fingerprint density at radius 3 is 2.35 bits per heavy atom. The number of rotatable bonds is 1. The van der Waals surface area contributed by atoms with E-state index in [1.165, 1.54) is 6.07 Å². The fourth-order valence-electron chi connectivity index (χ4n) is 2.62. The third kappa shape index (κ3) is 2.53. The minimum Gasteiger partial charge on any atom is -0.297 e. The van der Waals surface area contributed by atoms with E-state index in [0.717, 1.165) is 6.07 Å². The Bertz CT molecular complexity index is 557. The molecule has 0 radical (unpaired) electrons. The van der Waals surface area contributed by atoms with Crippen LogP contribution in [-0.4, -0.2) is 23.5 Å². The fraction of sp³-hybridized carbons (Fsp3) is 0.533. The number of nitrogens with zero attached hydrogens (tertiary/aromatic N) is 2. The maximum absolute atomic E-state index is 13.9. The van der Waals surface area contributed by atoms with Gasteiger partial charge in [-0.15, -0.1) is 0 Å². The first-order valence-electron chi connectivity index (χ1n) is 6.53. The van der Waals surface area contributed by atoms with Gasteiger partial charge in [0.05, 0.1) is 12.0 Å². The Morgan fingerprint density at radius 2 is 1.80 bits per heavy atom. The highest BCUT2D eigenvalue weighted by Crippen LogP contribution is 2.37. The summed E-state index contributed by atoms with van der Waals surface area (Å²) in [6.45, 7) is 6.98. The van der Waals surface area contributed by atoms with Crippen molar-refractivity contribution in [2.45, 2.75) is 32.2 Å². The van der Waals surface area contributed by atoms with E-state index >= 15 is 0 Å². The molecule has 5 heteroatoms. The zero-order valence-corrected chi connectivity index (χ0v) is 11.8. The summed E-state index contributed by atoms with van der Waals surface area (Å²) in [6.07, 6.45) is 0. The Balaban J connectivity index is 2.38. The number of hydrogen-bond acceptors (Lipinski definition) is 2. The monoisotopic (exact) mass is 282 g/mol. The molecule has 20 heavy (non-hydrogen) atoms. The minimum absolute atomic E-state index is 0.0854. The van der Waals surface area contributed by atoms with Crippen LogP contribution in [-0.2, 0) is 0 Å². The first-order chi connectivity index (χ1) is 9.25. The topological polar surface area (TPSA) is 27.0 Å². The molecule has 1 aromatic rings. The standard InChI is InChI=1S/C15H17F3N2/c1-15(2,3)20-7-9(6-19)11(8-20)10-4-5-12(16)14(18)13(10)17/h4-5,9,11H,7-8H2,1-3H3/t9?,11-/m1/s1. The molecule has 0 saturated carbocycles. The van der Waals surface area contributed by atoms with Crippen LogP contribution in [0.3, 0.4) is 0 Å². The summed E-state index contributed by atoms with van der Waals surface area (Å²) in [6, 6.07) is 4.31. The molecule has 108 valence electrons. The van der Waals surface area contributed by atoms with Gasteiger partial charge in [-0.3, -0.25) is 4.90 Å². The largest absolute Gasteiger partial charge is 0.297 e. The van der Waals surface area contributed by atoms with Gasteiger partial charge in [0.25, 0.3) is 0 Å². The molecule has 1 heterocycles. The van der Waals surface area contributed by atoms with Crippen LogP contribution in [0.4, 0.5) is 13.2 Å². The van der Waals surface area contributed by atoms with Crippen LogP contribution < -0.4 is 0 Å². The third-order valence-electron chi connectivity index (χ3n) is 3.90. The molecule has 0 N–H and O–H groups in total. The summed E-state index contributed by atoms with van der Waals surface area (Å²) in [7, 11) is 0. The van der Waals surface area contributed by atoms with Gasteiger partial charge in [0.2, 0.25) is 0 Å². The molecule has 1 fully saturated rings. The van der Waals surface area contributed by atoms with E-state index < -0.39 is 29.3 Å². The highest BCUT2D eigenvalue weighted by molar-refractivity contribution is 5.28. The van der Waals surface area contributed by atoms with Crippen molar-refractivity contribution < 1.29 is 13.2 Å². The average Bonchev–Trinajstić information content (AvgIpc) is 2.80. The van der Waals surface area contributed by atoms with Crippen LogP contribution in [0, 0.1) is 34.7 Å². The van der Waals surface area contributed by atoms with Crippen LogP contribution in [0.2, 0.25) is 0 Å². The van der Waals surface area contributed by atoms with Crippen LogP contribution in [0.1, 0.15) is 32.3 Å². The summed E-state index contributed by atoms with van der Waals surface area (Å²) < 4.78 is 40.3. The maximum Gasteiger partial charge on any atom is 0.194 e. The van der Waals surface area contributed by atoms with E-state index in [4.69, 9.17) is 0 Å². The molecule has 0 aromatic heterocycles. The molecule has 1 aromatic carbocycles. The summed E-state index contributed by atoms with van der Waals surface area (Å²) >= 11 is 0. The van der Waals surface area contributed by atoms with Gasteiger partial charge < -0.3 is 0 Å². The van der Waals surface area contributed by atoms with Crippen molar-refractivity contribution >= 4 is 0 Å². The molecule has 2 rings (SSSR count). The van der Waals surface area contributed by atoms with Gasteiger partial charge in [-0.05, 0) is 32.4 Å². The second-order valence-electron chi connectivity index (χ2n) is 6.18. The average molecular weight is 282 g/mol. The first-order valence-corrected chi connectivity index (χ1v) is 6.53. The van der Waals surface area contributed by atoms with Crippen molar-refractivity contribution in [3.05, 3.63) is 35.1 Å². The van der Waals surface area contributed by atoms with Gasteiger partial charge in [-0.2, -0.15) is 5.26 Å². The van der Waals surface area contributed by atoms with E-state index in [9.17, 15) is 18.4 Å². The number of nitriles is 1. The van der Waals surface area contributed by atoms with Crippen LogP contribution in [0.5, 0.6) is 0 Å². The smallest absolute Gasteiger partial charge is 0.194 e. The summed E-state index contributed by atoms with van der Waals surface area (Å²) in [4.78, 5) is 2.06. The normalized spacial score (nSPS) is 23.9. The lowest BCUT2D eigenvalue weighted by atomic mass is 9.89. The predicted molar refractivity (Wildman–Crippen MR) is 69.5 cm³/mol. The van der Waals surface area contributed by atoms with Crippen LogP contribution >= 0.6 is 0 Å². The maximum atomic E-state index is 13.9. The summed E-state index contributed by atoms with van der Waals surface area (Å²) in [5, 5.41) is 9.23. The lowest BCUT2D eigenvalue weighted by molar-refractivity contribution is 0.170. The van der Waals surface area contributed by atoms with E-state index in [1.54, 1.807) is 0 Å². The van der Waals surface area contributed by atoms with E-state index in [0.29, 0.717) is 13.1 Å². The van der Waals surface area contributed by atoms with Crippen molar-refractivity contribution in [3.63, 3.8) is 0 Å². The molecule has 0 spiro atoms. The Hall–Kier alpha value is -1.54. The molecule has 0 aliphatic carbocycles. The Kier molecular flexibility index (Phi) is 3.79. The van der Waals surface area contributed by atoms with Crippen molar-refractivity contribution in [3.8, 4) is 6.07 Å². The van der Waals surface area contributed by atoms with Gasteiger partial charge in [-0.1, -0.05) is 6.07 Å². The van der Waals surface area contributed by atoms with Crippen LogP contribution in [0.15, 0.2) is 12.1 Å². The second-order valence-corrected chi connectivity index (χ2v) is 6.18. The van der Waals surface area contributed by atoms with Crippen molar-refractivity contribution in [1.29, 1.82) is 5.26 Å². The number of halogens is 3. The minimum atomic E-state index is -1.46.